The first kappa shape index (κ1) is 20.6. The number of benzene rings is 2. The molecule has 30 heavy (non-hydrogen) atoms. The first-order chi connectivity index (χ1) is 14.6. The molecule has 1 saturated carbocycles. The van der Waals surface area contributed by atoms with Crippen LogP contribution in [0.1, 0.15) is 37.7 Å². The minimum absolute atomic E-state index is 0.00204. The van der Waals surface area contributed by atoms with Gasteiger partial charge in [0.05, 0.1) is 11.3 Å². The highest BCUT2D eigenvalue weighted by Crippen LogP contribution is 2.29. The van der Waals surface area contributed by atoms with E-state index in [9.17, 15) is 9.18 Å². The zero-order valence-corrected chi connectivity index (χ0v) is 17.8. The number of hydrogen-bond acceptors (Lipinski definition) is 4. The Hall–Kier alpha value is -2.67. The average Bonchev–Trinajstić information content (AvgIpc) is 3.17. The molecule has 1 aromatic heterocycles. The molecule has 1 amide bonds. The van der Waals surface area contributed by atoms with Gasteiger partial charge in [-0.3, -0.25) is 9.36 Å². The molecule has 3 aromatic rings. The molecule has 0 unspecified atom stereocenters. The van der Waals surface area contributed by atoms with Gasteiger partial charge >= 0.3 is 0 Å². The van der Waals surface area contributed by atoms with E-state index in [-0.39, 0.29) is 23.5 Å². The monoisotopic (exact) mass is 424 g/mol. The molecule has 5 nitrogen and oxygen atoms in total. The number of carbonyl (C=O) groups excluding carboxylic acids is 1. The van der Waals surface area contributed by atoms with Crippen molar-refractivity contribution in [2.75, 3.05) is 5.75 Å². The Labute approximate surface area is 180 Å². The first-order valence-corrected chi connectivity index (χ1v) is 11.3. The van der Waals surface area contributed by atoms with E-state index in [1.807, 2.05) is 35.8 Å². The number of nitrogens with one attached hydrogen (secondary N) is 1. The Kier molecular flexibility index (Phi) is 6.47. The van der Waals surface area contributed by atoms with Crippen LogP contribution in [0, 0.1) is 12.7 Å². The van der Waals surface area contributed by atoms with Crippen molar-refractivity contribution in [2.24, 2.45) is 0 Å². The van der Waals surface area contributed by atoms with Gasteiger partial charge in [-0.2, -0.15) is 0 Å². The van der Waals surface area contributed by atoms with Crippen LogP contribution in [0.15, 0.2) is 53.7 Å². The van der Waals surface area contributed by atoms with Crippen LogP contribution in [-0.4, -0.2) is 32.5 Å². The minimum Gasteiger partial charge on any atom is -0.353 e. The zero-order valence-electron chi connectivity index (χ0n) is 17.0. The molecule has 1 aliphatic carbocycles. The molecule has 0 saturated heterocycles. The van der Waals surface area contributed by atoms with Crippen molar-refractivity contribution >= 4 is 17.7 Å². The predicted molar refractivity (Wildman–Crippen MR) is 117 cm³/mol. The second kappa shape index (κ2) is 9.43. The van der Waals surface area contributed by atoms with Gasteiger partial charge in [-0.15, -0.1) is 10.2 Å². The summed E-state index contributed by atoms with van der Waals surface area (Å²) in [6, 6.07) is 14.7. The Morgan fingerprint density at radius 2 is 1.83 bits per heavy atom. The van der Waals surface area contributed by atoms with Crippen molar-refractivity contribution in [1.82, 2.24) is 20.1 Å². The van der Waals surface area contributed by atoms with Crippen LogP contribution in [-0.2, 0) is 4.79 Å². The van der Waals surface area contributed by atoms with Crippen molar-refractivity contribution in [1.29, 1.82) is 0 Å². The summed E-state index contributed by atoms with van der Waals surface area (Å²) in [5, 5.41) is 12.2. The zero-order chi connectivity index (χ0) is 20.9. The van der Waals surface area contributed by atoms with Gasteiger partial charge in [0, 0.05) is 11.7 Å². The smallest absolute Gasteiger partial charge is 0.230 e. The van der Waals surface area contributed by atoms with Crippen molar-refractivity contribution in [3.05, 3.63) is 59.9 Å². The molecule has 1 heterocycles. The van der Waals surface area contributed by atoms with E-state index in [0.717, 1.165) is 24.1 Å². The number of carbonyl (C=O) groups is 1. The summed E-state index contributed by atoms with van der Waals surface area (Å²) in [5.41, 5.74) is 2.34. The molecule has 0 aliphatic heterocycles. The maximum atomic E-state index is 14.5. The van der Waals surface area contributed by atoms with Gasteiger partial charge in [-0.05, 0) is 44.0 Å². The number of halogens is 1. The lowest BCUT2D eigenvalue weighted by atomic mass is 9.95. The second-order valence-corrected chi connectivity index (χ2v) is 8.59. The lowest BCUT2D eigenvalue weighted by molar-refractivity contribution is -0.119. The molecular weight excluding hydrogens is 399 g/mol. The number of thioether (sulfide) groups is 1. The summed E-state index contributed by atoms with van der Waals surface area (Å²) in [7, 11) is 0. The summed E-state index contributed by atoms with van der Waals surface area (Å²) in [4.78, 5) is 12.5. The number of rotatable bonds is 6. The van der Waals surface area contributed by atoms with Crippen LogP contribution in [0.25, 0.3) is 17.1 Å². The molecule has 0 atom stereocenters. The molecule has 156 valence electrons. The Morgan fingerprint density at radius 1 is 1.10 bits per heavy atom. The Balaban J connectivity index is 1.59. The largest absolute Gasteiger partial charge is 0.353 e. The molecule has 4 rings (SSSR count). The third-order valence-electron chi connectivity index (χ3n) is 5.34. The van der Waals surface area contributed by atoms with Gasteiger partial charge in [0.15, 0.2) is 11.0 Å². The van der Waals surface area contributed by atoms with E-state index in [2.05, 4.69) is 15.5 Å². The normalized spacial score (nSPS) is 14.6. The third kappa shape index (κ3) is 4.73. The van der Waals surface area contributed by atoms with Crippen LogP contribution in [0.2, 0.25) is 0 Å². The first-order valence-electron chi connectivity index (χ1n) is 10.3. The maximum absolute atomic E-state index is 14.5. The lowest BCUT2D eigenvalue weighted by Gasteiger charge is -2.22. The highest BCUT2D eigenvalue weighted by atomic mass is 32.2. The van der Waals surface area contributed by atoms with Gasteiger partial charge in [-0.1, -0.05) is 60.9 Å². The van der Waals surface area contributed by atoms with Crippen LogP contribution >= 0.6 is 11.8 Å². The molecule has 1 fully saturated rings. The van der Waals surface area contributed by atoms with Gasteiger partial charge in [0.25, 0.3) is 0 Å². The molecule has 1 N–H and O–H groups in total. The molecule has 0 radical (unpaired) electrons. The fraction of sp³-hybridized carbons (Fsp3) is 0.348. The van der Waals surface area contributed by atoms with Crippen molar-refractivity contribution in [2.45, 2.75) is 50.2 Å². The van der Waals surface area contributed by atoms with E-state index in [1.54, 1.807) is 18.2 Å². The molecule has 2 aromatic carbocycles. The summed E-state index contributed by atoms with van der Waals surface area (Å²) in [6.45, 7) is 2.01. The molecule has 0 bridgehead atoms. The van der Waals surface area contributed by atoms with E-state index in [4.69, 9.17) is 0 Å². The van der Waals surface area contributed by atoms with E-state index in [0.29, 0.717) is 16.5 Å². The van der Waals surface area contributed by atoms with Gasteiger partial charge in [0.1, 0.15) is 5.82 Å². The number of hydrogen-bond donors (Lipinski definition) is 1. The van der Waals surface area contributed by atoms with Gasteiger partial charge in [0.2, 0.25) is 5.91 Å². The predicted octanol–water partition coefficient (Wildman–Crippen LogP) is 4.92. The average molecular weight is 425 g/mol. The summed E-state index contributed by atoms with van der Waals surface area (Å²) < 4.78 is 16.3. The van der Waals surface area contributed by atoms with E-state index >= 15 is 0 Å². The topological polar surface area (TPSA) is 59.8 Å². The Bertz CT molecular complexity index is 1010. The van der Waals surface area contributed by atoms with Crippen LogP contribution in [0.3, 0.4) is 0 Å². The Morgan fingerprint density at radius 3 is 2.57 bits per heavy atom. The summed E-state index contributed by atoms with van der Waals surface area (Å²) in [5.74, 6) is 0.312. The van der Waals surface area contributed by atoms with Crippen LogP contribution in [0.4, 0.5) is 4.39 Å². The van der Waals surface area contributed by atoms with Gasteiger partial charge < -0.3 is 5.32 Å². The maximum Gasteiger partial charge on any atom is 0.230 e. The van der Waals surface area contributed by atoms with Crippen LogP contribution in [0.5, 0.6) is 0 Å². The fourth-order valence-electron chi connectivity index (χ4n) is 3.75. The van der Waals surface area contributed by atoms with Crippen molar-refractivity contribution in [3.8, 4) is 17.1 Å². The molecular formula is C23H25FN4OS. The number of amides is 1. The summed E-state index contributed by atoms with van der Waals surface area (Å²) >= 11 is 1.32. The summed E-state index contributed by atoms with van der Waals surface area (Å²) in [6.07, 6.45) is 5.69. The third-order valence-corrected chi connectivity index (χ3v) is 6.27. The standard InChI is InChI=1S/C23H25FN4OS/c1-16-11-13-18(14-12-16)28-22(19-9-5-6-10-20(19)24)26-27-23(28)30-15-21(29)25-17-7-3-2-4-8-17/h5-6,9-14,17H,2-4,7-8,15H2,1H3,(H,25,29). The second-order valence-electron chi connectivity index (χ2n) is 7.65. The quantitative estimate of drug-likeness (QED) is 0.571. The molecule has 7 heteroatoms. The fourth-order valence-corrected chi connectivity index (χ4v) is 4.52. The van der Waals surface area contributed by atoms with Crippen LogP contribution < -0.4 is 5.32 Å². The van der Waals surface area contributed by atoms with Crippen molar-refractivity contribution in [3.63, 3.8) is 0 Å². The SMILES string of the molecule is Cc1ccc(-n2c(SCC(=O)NC3CCCCC3)nnc2-c2ccccc2F)cc1. The number of nitrogens with zero attached hydrogens (tertiary/aromatic N) is 3. The van der Waals surface area contributed by atoms with Gasteiger partial charge in [-0.25, -0.2) is 4.39 Å². The number of aryl methyl sites for hydroxylation is 1. The molecule has 1 aliphatic rings. The lowest BCUT2D eigenvalue weighted by Crippen LogP contribution is -2.37. The highest BCUT2D eigenvalue weighted by molar-refractivity contribution is 7.99. The van der Waals surface area contributed by atoms with E-state index in [1.165, 1.54) is 37.1 Å². The van der Waals surface area contributed by atoms with E-state index < -0.39 is 0 Å². The highest BCUT2D eigenvalue weighted by Gasteiger charge is 2.20. The number of aromatic nitrogens is 3. The molecule has 0 spiro atoms. The van der Waals surface area contributed by atoms with Crippen molar-refractivity contribution < 1.29 is 9.18 Å². The minimum atomic E-state index is -0.357.